The van der Waals surface area contributed by atoms with E-state index in [2.05, 4.69) is 10.5 Å². The zero-order valence-corrected chi connectivity index (χ0v) is 17.7. The van der Waals surface area contributed by atoms with Gasteiger partial charge in [-0.2, -0.15) is 5.10 Å². The van der Waals surface area contributed by atoms with Gasteiger partial charge in [-0.25, -0.2) is 5.43 Å². The molecule has 0 atom stereocenters. The number of ether oxygens (including phenoxy) is 1. The van der Waals surface area contributed by atoms with Gasteiger partial charge in [0.2, 0.25) is 5.91 Å². The van der Waals surface area contributed by atoms with Gasteiger partial charge in [0.05, 0.1) is 12.0 Å². The Bertz CT molecular complexity index is 977. The summed E-state index contributed by atoms with van der Waals surface area (Å²) in [5, 5.41) is 5.34. The molecule has 0 aliphatic rings. The maximum absolute atomic E-state index is 11.9. The number of nitrogens with one attached hydrogen (secondary N) is 1. The van der Waals surface area contributed by atoms with Gasteiger partial charge in [0.25, 0.3) is 0 Å². The lowest BCUT2D eigenvalue weighted by atomic mass is 10.2. The van der Waals surface area contributed by atoms with Crippen molar-refractivity contribution < 1.29 is 9.53 Å². The molecule has 0 heterocycles. The van der Waals surface area contributed by atoms with Crippen LogP contribution in [0.1, 0.15) is 11.1 Å². The Hall–Kier alpha value is -2.47. The van der Waals surface area contributed by atoms with E-state index in [0.29, 0.717) is 16.7 Å². The number of hydrazone groups is 1. The van der Waals surface area contributed by atoms with E-state index in [1.54, 1.807) is 18.3 Å². The van der Waals surface area contributed by atoms with Crippen LogP contribution in [0.15, 0.2) is 82.8 Å². The number of hydrogen-bond acceptors (Lipinski definition) is 4. The van der Waals surface area contributed by atoms with Crippen LogP contribution in [0.25, 0.3) is 0 Å². The number of hydrogen-bond donors (Lipinski definition) is 1. The minimum absolute atomic E-state index is 0.178. The summed E-state index contributed by atoms with van der Waals surface area (Å²) in [7, 11) is 0. The maximum atomic E-state index is 11.9. The Morgan fingerprint density at radius 1 is 1.00 bits per heavy atom. The Kier molecular flexibility index (Phi) is 7.99. The van der Waals surface area contributed by atoms with E-state index in [-0.39, 0.29) is 11.7 Å². The first-order valence-electron chi connectivity index (χ1n) is 8.76. The lowest BCUT2D eigenvalue weighted by Crippen LogP contribution is -2.19. The predicted octanol–water partition coefficient (Wildman–Crippen LogP) is 5.81. The molecular formula is C22H18Cl2N2O2S. The minimum atomic E-state index is -0.178. The number of rotatable bonds is 8. The van der Waals surface area contributed by atoms with Crippen LogP contribution in [-0.2, 0) is 11.4 Å². The van der Waals surface area contributed by atoms with Crippen LogP contribution in [0.2, 0.25) is 10.0 Å². The molecule has 148 valence electrons. The molecular weight excluding hydrogens is 427 g/mol. The second-order valence-electron chi connectivity index (χ2n) is 6.02. The van der Waals surface area contributed by atoms with Gasteiger partial charge in [-0.1, -0.05) is 35.3 Å². The molecule has 3 aromatic carbocycles. The Balaban J connectivity index is 1.42. The maximum Gasteiger partial charge on any atom is 0.250 e. The summed E-state index contributed by atoms with van der Waals surface area (Å²) in [6, 6.07) is 22.3. The van der Waals surface area contributed by atoms with Crippen LogP contribution in [-0.4, -0.2) is 17.9 Å². The Morgan fingerprint density at radius 2 is 1.76 bits per heavy atom. The fourth-order valence-electron chi connectivity index (χ4n) is 2.33. The highest BCUT2D eigenvalue weighted by molar-refractivity contribution is 8.00. The molecule has 0 radical (unpaired) electrons. The third kappa shape index (κ3) is 7.46. The van der Waals surface area contributed by atoms with E-state index in [4.69, 9.17) is 27.9 Å². The molecule has 29 heavy (non-hydrogen) atoms. The number of nitrogens with zero attached hydrogens (tertiary/aromatic N) is 1. The van der Waals surface area contributed by atoms with Crippen molar-refractivity contribution in [2.75, 3.05) is 5.75 Å². The van der Waals surface area contributed by atoms with Crippen LogP contribution in [0, 0.1) is 0 Å². The standard InChI is InChI=1S/C22H18Cl2N2O2S/c23-18-6-10-21(11-7-18)29-15-22(27)26-25-13-16-4-8-20(9-5-16)28-14-17-2-1-3-19(24)12-17/h1-13H,14-15H2,(H,26,27)/b25-13+. The van der Waals surface area contributed by atoms with Crippen molar-refractivity contribution in [3.63, 3.8) is 0 Å². The number of carbonyl (C=O) groups excluding carboxylic acids is 1. The molecule has 1 N–H and O–H groups in total. The summed E-state index contributed by atoms with van der Waals surface area (Å²) in [5.74, 6) is 0.836. The van der Waals surface area contributed by atoms with Gasteiger partial charge in [0, 0.05) is 14.9 Å². The van der Waals surface area contributed by atoms with Crippen molar-refractivity contribution in [1.82, 2.24) is 5.43 Å². The van der Waals surface area contributed by atoms with E-state index in [9.17, 15) is 4.79 Å². The normalized spacial score (nSPS) is 10.8. The first-order valence-corrected chi connectivity index (χ1v) is 10.5. The topological polar surface area (TPSA) is 50.7 Å². The van der Waals surface area contributed by atoms with Crippen molar-refractivity contribution in [2.24, 2.45) is 5.10 Å². The van der Waals surface area contributed by atoms with Crippen LogP contribution >= 0.6 is 35.0 Å². The van der Waals surface area contributed by atoms with Gasteiger partial charge in [0.15, 0.2) is 0 Å². The summed E-state index contributed by atoms with van der Waals surface area (Å²) >= 11 is 13.2. The number of benzene rings is 3. The fraction of sp³-hybridized carbons (Fsp3) is 0.0909. The Labute approximate surface area is 183 Å². The third-order valence-electron chi connectivity index (χ3n) is 3.76. The summed E-state index contributed by atoms with van der Waals surface area (Å²) in [6.07, 6.45) is 1.59. The third-order valence-corrected chi connectivity index (χ3v) is 5.26. The van der Waals surface area contributed by atoms with E-state index in [1.165, 1.54) is 11.8 Å². The smallest absolute Gasteiger partial charge is 0.250 e. The van der Waals surface area contributed by atoms with Gasteiger partial charge in [-0.05, 0) is 71.8 Å². The van der Waals surface area contributed by atoms with Crippen molar-refractivity contribution in [2.45, 2.75) is 11.5 Å². The predicted molar refractivity (Wildman–Crippen MR) is 120 cm³/mol. The quantitative estimate of drug-likeness (QED) is 0.270. The first kappa shape index (κ1) is 21.2. The highest BCUT2D eigenvalue weighted by atomic mass is 35.5. The van der Waals surface area contributed by atoms with Crippen molar-refractivity contribution in [3.8, 4) is 5.75 Å². The van der Waals surface area contributed by atoms with Gasteiger partial charge < -0.3 is 4.74 Å². The van der Waals surface area contributed by atoms with Crippen molar-refractivity contribution in [3.05, 3.63) is 94.0 Å². The second kappa shape index (κ2) is 10.9. The molecule has 1 amide bonds. The number of amides is 1. The zero-order valence-electron chi connectivity index (χ0n) is 15.3. The van der Waals surface area contributed by atoms with Crippen LogP contribution < -0.4 is 10.2 Å². The average molecular weight is 445 g/mol. The van der Waals surface area contributed by atoms with E-state index < -0.39 is 0 Å². The van der Waals surface area contributed by atoms with Crippen molar-refractivity contribution in [1.29, 1.82) is 0 Å². The molecule has 7 heteroatoms. The van der Waals surface area contributed by atoms with Crippen LogP contribution in [0.4, 0.5) is 0 Å². The molecule has 3 aromatic rings. The molecule has 0 fully saturated rings. The van der Waals surface area contributed by atoms with E-state index in [0.717, 1.165) is 21.8 Å². The molecule has 3 rings (SSSR count). The molecule has 0 spiro atoms. The molecule has 0 aromatic heterocycles. The number of thioether (sulfide) groups is 1. The molecule has 0 aliphatic heterocycles. The first-order chi connectivity index (χ1) is 14.1. The van der Waals surface area contributed by atoms with Crippen LogP contribution in [0.5, 0.6) is 5.75 Å². The van der Waals surface area contributed by atoms with Crippen molar-refractivity contribution >= 4 is 47.1 Å². The zero-order chi connectivity index (χ0) is 20.5. The second-order valence-corrected chi connectivity index (χ2v) is 7.95. The summed E-state index contributed by atoms with van der Waals surface area (Å²) in [6.45, 7) is 0.440. The summed E-state index contributed by atoms with van der Waals surface area (Å²) in [5.41, 5.74) is 4.37. The number of halogens is 2. The number of carbonyl (C=O) groups is 1. The highest BCUT2D eigenvalue weighted by Gasteiger charge is 2.02. The molecule has 0 saturated heterocycles. The van der Waals surface area contributed by atoms with Gasteiger partial charge >= 0.3 is 0 Å². The van der Waals surface area contributed by atoms with Gasteiger partial charge in [-0.3, -0.25) is 4.79 Å². The SMILES string of the molecule is O=C(CSc1ccc(Cl)cc1)N/N=C/c1ccc(OCc2cccc(Cl)c2)cc1. The summed E-state index contributed by atoms with van der Waals surface area (Å²) in [4.78, 5) is 12.8. The van der Waals surface area contributed by atoms with E-state index >= 15 is 0 Å². The fourth-order valence-corrected chi connectivity index (χ4v) is 3.36. The monoisotopic (exact) mass is 444 g/mol. The molecule has 0 saturated carbocycles. The highest BCUT2D eigenvalue weighted by Crippen LogP contribution is 2.20. The Morgan fingerprint density at radius 3 is 2.48 bits per heavy atom. The molecule has 0 unspecified atom stereocenters. The van der Waals surface area contributed by atoms with Crippen LogP contribution in [0.3, 0.4) is 0 Å². The molecule has 0 aliphatic carbocycles. The minimum Gasteiger partial charge on any atom is -0.489 e. The summed E-state index contributed by atoms with van der Waals surface area (Å²) < 4.78 is 5.74. The van der Waals surface area contributed by atoms with E-state index in [1.807, 2.05) is 60.7 Å². The average Bonchev–Trinajstić information content (AvgIpc) is 2.73. The lowest BCUT2D eigenvalue weighted by Gasteiger charge is -2.06. The lowest BCUT2D eigenvalue weighted by molar-refractivity contribution is -0.118. The molecule has 0 bridgehead atoms. The van der Waals surface area contributed by atoms with Gasteiger partial charge in [-0.15, -0.1) is 11.8 Å². The largest absolute Gasteiger partial charge is 0.489 e. The van der Waals surface area contributed by atoms with Gasteiger partial charge in [0.1, 0.15) is 12.4 Å². The molecule has 4 nitrogen and oxygen atoms in total.